The maximum absolute atomic E-state index is 12.1. The van der Waals surface area contributed by atoms with Crippen LogP contribution in [0.2, 0.25) is 0 Å². The Bertz CT molecular complexity index is 318. The van der Waals surface area contributed by atoms with Crippen LogP contribution in [0.5, 0.6) is 0 Å². The summed E-state index contributed by atoms with van der Waals surface area (Å²) in [7, 11) is 0. The number of carbonyl (C=O) groups excluding carboxylic acids is 1. The van der Waals surface area contributed by atoms with Crippen LogP contribution in [0.3, 0.4) is 0 Å². The summed E-state index contributed by atoms with van der Waals surface area (Å²) in [6.45, 7) is 10.2. The molecule has 1 atom stereocenters. The molecule has 1 heterocycles. The van der Waals surface area contributed by atoms with Gasteiger partial charge in [0.2, 0.25) is 0 Å². The second-order valence-electron chi connectivity index (χ2n) is 6.83. The van der Waals surface area contributed by atoms with Gasteiger partial charge in [0.25, 0.3) is 0 Å². The van der Waals surface area contributed by atoms with Crippen molar-refractivity contribution in [3.63, 3.8) is 0 Å². The van der Waals surface area contributed by atoms with E-state index in [0.717, 1.165) is 45.4 Å². The molecule has 0 bridgehead atoms. The lowest BCUT2D eigenvalue weighted by Gasteiger charge is -2.34. The highest BCUT2D eigenvalue weighted by molar-refractivity contribution is 5.68. The molecule has 1 aliphatic heterocycles. The van der Waals surface area contributed by atoms with Gasteiger partial charge in [-0.1, -0.05) is 0 Å². The van der Waals surface area contributed by atoms with E-state index in [1.54, 1.807) is 0 Å². The summed E-state index contributed by atoms with van der Waals surface area (Å²) in [6, 6.07) is 0. The normalized spacial score (nSPS) is 19.3. The van der Waals surface area contributed by atoms with E-state index in [9.17, 15) is 4.79 Å². The summed E-state index contributed by atoms with van der Waals surface area (Å²) in [6.07, 6.45) is 2.91. The topological polar surface area (TPSA) is 71.0 Å². The molecule has 1 saturated heterocycles. The first kappa shape index (κ1) is 19.2. The smallest absolute Gasteiger partial charge is 0.410 e. The van der Waals surface area contributed by atoms with Crippen molar-refractivity contribution in [2.75, 3.05) is 46.0 Å². The molecule has 130 valence electrons. The van der Waals surface area contributed by atoms with E-state index in [4.69, 9.17) is 14.6 Å². The van der Waals surface area contributed by atoms with E-state index in [0.29, 0.717) is 19.1 Å². The number of likely N-dealkylation sites (tertiary alicyclic amines) is 1. The van der Waals surface area contributed by atoms with Crippen LogP contribution >= 0.6 is 0 Å². The maximum Gasteiger partial charge on any atom is 0.410 e. The first-order chi connectivity index (χ1) is 10.4. The first-order valence-electron chi connectivity index (χ1n) is 8.29. The summed E-state index contributed by atoms with van der Waals surface area (Å²) in [5.74, 6) is 0.486. The Balaban J connectivity index is 2.16. The minimum atomic E-state index is -0.434. The van der Waals surface area contributed by atoms with Crippen molar-refractivity contribution in [3.05, 3.63) is 0 Å². The Hall–Kier alpha value is -0.850. The summed E-state index contributed by atoms with van der Waals surface area (Å²) < 4.78 is 10.6. The average Bonchev–Trinajstić information content (AvgIpc) is 2.45. The zero-order chi connectivity index (χ0) is 16.4. The van der Waals surface area contributed by atoms with Crippen molar-refractivity contribution in [2.24, 2.45) is 5.92 Å². The Morgan fingerprint density at radius 3 is 2.82 bits per heavy atom. The number of hydrogen-bond donors (Lipinski definition) is 2. The molecule has 1 fully saturated rings. The SMILES string of the molecule is CC(C)(C)OC(=O)N1CCCC(CNCCCOCCO)C1. The minimum absolute atomic E-state index is 0.0794. The number of amides is 1. The van der Waals surface area contributed by atoms with Gasteiger partial charge in [-0.05, 0) is 59.0 Å². The predicted molar refractivity (Wildman–Crippen MR) is 85.9 cm³/mol. The standard InChI is InChI=1S/C16H32N2O4/c1-16(2,3)22-15(20)18-8-4-6-14(13-18)12-17-7-5-10-21-11-9-19/h14,17,19H,4-13H2,1-3H3. The quantitative estimate of drug-likeness (QED) is 0.666. The first-order valence-corrected chi connectivity index (χ1v) is 8.29. The molecule has 1 amide bonds. The highest BCUT2D eigenvalue weighted by Gasteiger charge is 2.27. The molecule has 0 aliphatic carbocycles. The average molecular weight is 316 g/mol. The number of hydrogen-bond acceptors (Lipinski definition) is 5. The van der Waals surface area contributed by atoms with E-state index >= 15 is 0 Å². The van der Waals surface area contributed by atoms with E-state index in [2.05, 4.69) is 5.32 Å². The summed E-state index contributed by atoms with van der Waals surface area (Å²) in [5, 5.41) is 12.0. The third-order valence-corrected chi connectivity index (χ3v) is 3.48. The molecule has 1 rings (SSSR count). The van der Waals surface area contributed by atoms with Crippen LogP contribution in [0.1, 0.15) is 40.0 Å². The van der Waals surface area contributed by atoms with Gasteiger partial charge in [0, 0.05) is 19.7 Å². The molecule has 0 spiro atoms. The molecule has 0 aromatic heterocycles. The van der Waals surface area contributed by atoms with E-state index in [1.807, 2.05) is 25.7 Å². The lowest BCUT2D eigenvalue weighted by atomic mass is 9.98. The van der Waals surface area contributed by atoms with Crippen LogP contribution < -0.4 is 5.32 Å². The van der Waals surface area contributed by atoms with Crippen LogP contribution in [-0.4, -0.2) is 67.7 Å². The van der Waals surface area contributed by atoms with Gasteiger partial charge in [0.05, 0.1) is 13.2 Å². The van der Waals surface area contributed by atoms with E-state index < -0.39 is 5.60 Å². The Labute approximate surface area is 134 Å². The second kappa shape index (κ2) is 10.0. The monoisotopic (exact) mass is 316 g/mol. The number of nitrogens with zero attached hydrogens (tertiary/aromatic N) is 1. The Kier molecular flexibility index (Phi) is 8.75. The van der Waals surface area contributed by atoms with Crippen molar-refractivity contribution in [1.29, 1.82) is 0 Å². The zero-order valence-electron chi connectivity index (χ0n) is 14.3. The maximum atomic E-state index is 12.1. The molecule has 6 nitrogen and oxygen atoms in total. The number of aliphatic hydroxyl groups excluding tert-OH is 1. The van der Waals surface area contributed by atoms with Gasteiger partial charge in [-0.3, -0.25) is 0 Å². The van der Waals surface area contributed by atoms with Crippen molar-refractivity contribution in [1.82, 2.24) is 10.2 Å². The molecule has 22 heavy (non-hydrogen) atoms. The lowest BCUT2D eigenvalue weighted by molar-refractivity contribution is 0.0166. The van der Waals surface area contributed by atoms with Crippen LogP contribution in [0.4, 0.5) is 4.79 Å². The van der Waals surface area contributed by atoms with E-state index in [1.165, 1.54) is 0 Å². The zero-order valence-corrected chi connectivity index (χ0v) is 14.3. The Morgan fingerprint density at radius 2 is 2.14 bits per heavy atom. The fraction of sp³-hybridized carbons (Fsp3) is 0.938. The van der Waals surface area contributed by atoms with Gasteiger partial charge < -0.3 is 24.8 Å². The fourth-order valence-electron chi connectivity index (χ4n) is 2.50. The van der Waals surface area contributed by atoms with Gasteiger partial charge in [0.1, 0.15) is 5.60 Å². The lowest BCUT2D eigenvalue weighted by Crippen LogP contribution is -2.45. The largest absolute Gasteiger partial charge is 0.444 e. The molecular weight excluding hydrogens is 284 g/mol. The molecule has 1 aliphatic rings. The Morgan fingerprint density at radius 1 is 1.36 bits per heavy atom. The molecular formula is C16H32N2O4. The number of nitrogens with one attached hydrogen (secondary N) is 1. The van der Waals surface area contributed by atoms with Crippen molar-refractivity contribution in [3.8, 4) is 0 Å². The molecule has 0 aromatic rings. The van der Waals surface area contributed by atoms with Crippen LogP contribution in [0, 0.1) is 5.92 Å². The molecule has 6 heteroatoms. The third kappa shape index (κ3) is 8.56. The van der Waals surface area contributed by atoms with Crippen LogP contribution in [0.25, 0.3) is 0 Å². The van der Waals surface area contributed by atoms with E-state index in [-0.39, 0.29) is 12.7 Å². The van der Waals surface area contributed by atoms with Gasteiger partial charge in [-0.2, -0.15) is 0 Å². The van der Waals surface area contributed by atoms with Crippen LogP contribution in [0.15, 0.2) is 0 Å². The van der Waals surface area contributed by atoms with Gasteiger partial charge >= 0.3 is 6.09 Å². The van der Waals surface area contributed by atoms with Gasteiger partial charge in [0.15, 0.2) is 0 Å². The summed E-state index contributed by atoms with van der Waals surface area (Å²) in [5.41, 5.74) is -0.434. The van der Waals surface area contributed by atoms with Gasteiger partial charge in [-0.25, -0.2) is 4.79 Å². The molecule has 0 saturated carbocycles. The number of ether oxygens (including phenoxy) is 2. The van der Waals surface area contributed by atoms with Gasteiger partial charge in [-0.15, -0.1) is 0 Å². The minimum Gasteiger partial charge on any atom is -0.444 e. The fourth-order valence-corrected chi connectivity index (χ4v) is 2.50. The predicted octanol–water partition coefficient (Wildman–Crippen LogP) is 1.62. The molecule has 1 unspecified atom stereocenters. The highest BCUT2D eigenvalue weighted by Crippen LogP contribution is 2.18. The number of piperidine rings is 1. The number of carbonyl (C=O) groups is 1. The highest BCUT2D eigenvalue weighted by atomic mass is 16.6. The summed E-state index contributed by atoms with van der Waals surface area (Å²) in [4.78, 5) is 13.9. The third-order valence-electron chi connectivity index (χ3n) is 3.48. The molecule has 0 radical (unpaired) electrons. The number of rotatable bonds is 8. The molecule has 0 aromatic carbocycles. The summed E-state index contributed by atoms with van der Waals surface area (Å²) >= 11 is 0. The second-order valence-corrected chi connectivity index (χ2v) is 6.83. The van der Waals surface area contributed by atoms with Crippen molar-refractivity contribution < 1.29 is 19.4 Å². The van der Waals surface area contributed by atoms with Crippen molar-refractivity contribution in [2.45, 2.75) is 45.6 Å². The van der Waals surface area contributed by atoms with Crippen molar-refractivity contribution >= 4 is 6.09 Å². The number of aliphatic hydroxyl groups is 1. The molecule has 2 N–H and O–H groups in total. The van der Waals surface area contributed by atoms with Crippen LogP contribution in [-0.2, 0) is 9.47 Å².